The predicted molar refractivity (Wildman–Crippen MR) is 281 cm³/mol. The van der Waals surface area contributed by atoms with Gasteiger partial charge in [0.2, 0.25) is 5.91 Å². The number of carbonyl (C=O) groups excluding carboxylic acids is 1. The molecule has 0 aliphatic carbocycles. The average Bonchev–Trinajstić information content (AvgIpc) is 3.37. The van der Waals surface area contributed by atoms with Gasteiger partial charge < -0.3 is 65.1 Å². The second-order valence-corrected chi connectivity index (χ2v) is 19.0. The fraction of sp³-hybridized carbons (Fsp3) is 0.737. The lowest BCUT2D eigenvalue weighted by molar-refractivity contribution is -0.359. The largest absolute Gasteiger partial charge is 0.394 e. The van der Waals surface area contributed by atoms with Crippen LogP contribution in [0.2, 0.25) is 0 Å². The molecule has 12 atom stereocenters. The third-order valence-electron chi connectivity index (χ3n) is 12.9. The minimum absolute atomic E-state index is 0.224. The molecular weight excluding hydrogens is 907 g/mol. The fourth-order valence-electron chi connectivity index (χ4n) is 8.45. The molecule has 0 spiro atoms. The molecule has 0 aromatic rings. The number of aliphatic hydroxyl groups is 8. The Morgan fingerprint density at radius 1 is 0.521 bits per heavy atom. The lowest BCUT2D eigenvalue weighted by Gasteiger charge is -2.46. The van der Waals surface area contributed by atoms with Crippen molar-refractivity contribution >= 4 is 5.91 Å². The molecule has 2 rings (SSSR count). The van der Waals surface area contributed by atoms with E-state index in [1.807, 2.05) is 0 Å². The van der Waals surface area contributed by atoms with E-state index in [0.29, 0.717) is 19.3 Å². The molecule has 0 radical (unpaired) electrons. The summed E-state index contributed by atoms with van der Waals surface area (Å²) in [6.45, 7) is 2.58. The first kappa shape index (κ1) is 64.3. The number of allylic oxidation sites excluding steroid dienone is 14. The van der Waals surface area contributed by atoms with E-state index >= 15 is 0 Å². The zero-order valence-electron chi connectivity index (χ0n) is 43.4. The number of unbranched alkanes of at least 4 members (excludes halogenated alkanes) is 14. The highest BCUT2D eigenvalue weighted by molar-refractivity contribution is 5.76. The van der Waals surface area contributed by atoms with Crippen LogP contribution in [0, 0.1) is 0 Å². The molecule has 14 heteroatoms. The second-order valence-electron chi connectivity index (χ2n) is 19.0. The minimum atomic E-state index is -1.78. The standard InChI is InChI=1S/C57H97NO13/c1-3-5-7-9-10-11-12-13-14-15-16-17-18-19-20-21-22-23-24-25-26-27-28-29-30-31-32-33-34-35-36-37-39-41-49(62)58-45(46(61)40-38-8-6-4-2)44-68-56-54(67)52(65)55(48(43-60)70-56)71-57-53(66)51(64)50(63)47(42-59)69-57/h5,7,10-11,13-14,16-17,19-20,22-23,25-26,45-48,50-57,59-61,63-67H,3-4,6,8-9,12,15,18,21,24,27-44H2,1-2H3,(H,58,62)/b7-5-,11-10-,14-13-,17-16-,20-19-,23-22-,26-25-. The molecule has 2 heterocycles. The fourth-order valence-corrected chi connectivity index (χ4v) is 8.45. The quantitative estimate of drug-likeness (QED) is 0.0208. The van der Waals surface area contributed by atoms with Gasteiger partial charge in [0, 0.05) is 6.42 Å². The van der Waals surface area contributed by atoms with Gasteiger partial charge in [-0.05, 0) is 70.6 Å². The van der Waals surface area contributed by atoms with Crippen molar-refractivity contribution in [2.24, 2.45) is 0 Å². The Labute approximate surface area is 427 Å². The first-order chi connectivity index (χ1) is 34.6. The molecule has 2 aliphatic heterocycles. The molecule has 12 unspecified atom stereocenters. The Morgan fingerprint density at radius 2 is 0.972 bits per heavy atom. The lowest BCUT2D eigenvalue weighted by atomic mass is 9.97. The van der Waals surface area contributed by atoms with E-state index in [1.165, 1.54) is 44.9 Å². The lowest BCUT2D eigenvalue weighted by Crippen LogP contribution is -2.65. The smallest absolute Gasteiger partial charge is 0.220 e. The van der Waals surface area contributed by atoms with Crippen LogP contribution in [0.5, 0.6) is 0 Å². The molecule has 0 aromatic carbocycles. The van der Waals surface area contributed by atoms with Gasteiger partial charge in [-0.15, -0.1) is 0 Å². The average molecular weight is 1000 g/mol. The van der Waals surface area contributed by atoms with Crippen LogP contribution >= 0.6 is 0 Å². The highest BCUT2D eigenvalue weighted by atomic mass is 16.7. The zero-order valence-corrected chi connectivity index (χ0v) is 43.4. The summed E-state index contributed by atoms with van der Waals surface area (Å²) < 4.78 is 22.6. The van der Waals surface area contributed by atoms with Crippen molar-refractivity contribution in [2.45, 2.75) is 248 Å². The number of carbonyl (C=O) groups is 1. The summed E-state index contributed by atoms with van der Waals surface area (Å²) >= 11 is 0. The van der Waals surface area contributed by atoms with Crippen molar-refractivity contribution in [1.29, 1.82) is 0 Å². The predicted octanol–water partition coefficient (Wildman–Crippen LogP) is 8.16. The summed E-state index contributed by atoms with van der Waals surface area (Å²) in [5, 5.41) is 86.3. The Bertz CT molecular complexity index is 1510. The summed E-state index contributed by atoms with van der Waals surface area (Å²) in [6, 6.07) is -0.830. The molecular formula is C57H97NO13. The van der Waals surface area contributed by atoms with Crippen molar-refractivity contribution in [1.82, 2.24) is 5.32 Å². The topological polar surface area (TPSA) is 228 Å². The highest BCUT2D eigenvalue weighted by Gasteiger charge is 2.51. The first-order valence-corrected chi connectivity index (χ1v) is 27.3. The van der Waals surface area contributed by atoms with E-state index in [4.69, 9.17) is 18.9 Å². The number of nitrogens with one attached hydrogen (secondary N) is 1. The number of amides is 1. The van der Waals surface area contributed by atoms with Crippen LogP contribution in [0.15, 0.2) is 85.1 Å². The molecule has 1 amide bonds. The maximum Gasteiger partial charge on any atom is 0.220 e. The van der Waals surface area contributed by atoms with E-state index in [9.17, 15) is 45.6 Å². The molecule has 9 N–H and O–H groups in total. The molecule has 408 valence electrons. The molecule has 0 bridgehead atoms. The molecule has 2 saturated heterocycles. The summed E-state index contributed by atoms with van der Waals surface area (Å²) in [5.41, 5.74) is 0. The highest BCUT2D eigenvalue weighted by Crippen LogP contribution is 2.30. The van der Waals surface area contributed by atoms with Gasteiger partial charge in [-0.1, -0.05) is 182 Å². The maximum atomic E-state index is 13.1. The van der Waals surface area contributed by atoms with Crippen LogP contribution in [0.1, 0.15) is 174 Å². The summed E-state index contributed by atoms with van der Waals surface area (Å²) in [5.74, 6) is -0.224. The Morgan fingerprint density at radius 3 is 1.48 bits per heavy atom. The van der Waals surface area contributed by atoms with E-state index < -0.39 is 86.8 Å². The van der Waals surface area contributed by atoms with Crippen molar-refractivity contribution in [3.63, 3.8) is 0 Å². The monoisotopic (exact) mass is 1000 g/mol. The number of rotatable bonds is 41. The van der Waals surface area contributed by atoms with Gasteiger partial charge in [0.15, 0.2) is 12.6 Å². The van der Waals surface area contributed by atoms with Crippen LogP contribution in [0.25, 0.3) is 0 Å². The van der Waals surface area contributed by atoms with Crippen LogP contribution in [-0.4, -0.2) is 140 Å². The third-order valence-corrected chi connectivity index (χ3v) is 12.9. The van der Waals surface area contributed by atoms with Crippen molar-refractivity contribution < 1.29 is 64.6 Å². The zero-order chi connectivity index (χ0) is 51.7. The van der Waals surface area contributed by atoms with Gasteiger partial charge in [-0.25, -0.2) is 0 Å². The first-order valence-electron chi connectivity index (χ1n) is 27.3. The minimum Gasteiger partial charge on any atom is -0.394 e. The summed E-state index contributed by atoms with van der Waals surface area (Å²) in [4.78, 5) is 13.1. The second kappa shape index (κ2) is 42.5. The Hall–Kier alpha value is -2.83. The SMILES string of the molecule is CC/C=C\C/C=C\C/C=C\C/C=C\C/C=C\C/C=C\C/C=C\CCCCCCCCCCCCCC(=O)NC(COC1OC(CO)C(OC2OC(CO)C(O)C(O)C2O)C(O)C1O)C(O)CCCCCC. The summed E-state index contributed by atoms with van der Waals surface area (Å²) in [6.07, 6.45) is 39.7. The van der Waals surface area contributed by atoms with Crippen LogP contribution in [0.3, 0.4) is 0 Å². The van der Waals surface area contributed by atoms with E-state index in [-0.39, 0.29) is 12.5 Å². The molecule has 2 fully saturated rings. The van der Waals surface area contributed by atoms with Gasteiger partial charge in [-0.3, -0.25) is 4.79 Å². The van der Waals surface area contributed by atoms with Gasteiger partial charge >= 0.3 is 0 Å². The van der Waals surface area contributed by atoms with Crippen molar-refractivity contribution in [3.05, 3.63) is 85.1 Å². The van der Waals surface area contributed by atoms with Crippen LogP contribution in [0.4, 0.5) is 0 Å². The summed E-state index contributed by atoms with van der Waals surface area (Å²) in [7, 11) is 0. The van der Waals surface area contributed by atoms with Crippen LogP contribution in [-0.2, 0) is 23.7 Å². The number of hydrogen-bond donors (Lipinski definition) is 9. The number of aliphatic hydroxyl groups excluding tert-OH is 8. The molecule has 0 aromatic heterocycles. The van der Waals surface area contributed by atoms with Crippen LogP contribution < -0.4 is 5.32 Å². The van der Waals surface area contributed by atoms with Crippen molar-refractivity contribution in [2.75, 3.05) is 19.8 Å². The number of ether oxygens (including phenoxy) is 4. The van der Waals surface area contributed by atoms with Gasteiger partial charge in [0.1, 0.15) is 48.8 Å². The van der Waals surface area contributed by atoms with E-state index in [2.05, 4.69) is 104 Å². The Kier molecular flexibility index (Phi) is 38.5. The maximum absolute atomic E-state index is 13.1. The Balaban J connectivity index is 1.56. The van der Waals surface area contributed by atoms with Gasteiger partial charge in [0.25, 0.3) is 0 Å². The molecule has 2 aliphatic rings. The number of hydrogen-bond acceptors (Lipinski definition) is 13. The van der Waals surface area contributed by atoms with E-state index in [0.717, 1.165) is 96.3 Å². The van der Waals surface area contributed by atoms with Crippen molar-refractivity contribution in [3.8, 4) is 0 Å². The van der Waals surface area contributed by atoms with Gasteiger partial charge in [-0.2, -0.15) is 0 Å². The molecule has 14 nitrogen and oxygen atoms in total. The van der Waals surface area contributed by atoms with E-state index in [1.54, 1.807) is 0 Å². The molecule has 0 saturated carbocycles. The third kappa shape index (κ3) is 29.0. The molecule has 71 heavy (non-hydrogen) atoms. The van der Waals surface area contributed by atoms with Gasteiger partial charge in [0.05, 0.1) is 32.0 Å². The normalized spacial score (nSPS) is 26.5.